The highest BCUT2D eigenvalue weighted by Gasteiger charge is 2.47. The minimum atomic E-state index is -4.76. The van der Waals surface area contributed by atoms with Gasteiger partial charge in [-0.3, -0.25) is 52.7 Å². The predicted molar refractivity (Wildman–Crippen MR) is 348 cm³/mol. The molecule has 10 atom stereocenters. The number of fused-ring (bicyclic) bond motifs is 1. The highest BCUT2D eigenvalue weighted by atomic mass is 35.5. The lowest BCUT2D eigenvalue weighted by Gasteiger charge is -2.45. The van der Waals surface area contributed by atoms with Gasteiger partial charge in [0.1, 0.15) is 53.9 Å². The number of nitrogens with zero attached hydrogens (tertiary/aromatic N) is 7. The fourth-order valence-electron chi connectivity index (χ4n) is 12.2. The topological polar surface area (TPSA) is 259 Å². The van der Waals surface area contributed by atoms with E-state index in [4.69, 9.17) is 11.6 Å². The van der Waals surface area contributed by atoms with Crippen LogP contribution >= 0.6 is 11.6 Å². The molecule has 1 aromatic carbocycles. The molecule has 4 rings (SSSR count). The van der Waals surface area contributed by atoms with Crippen molar-refractivity contribution in [1.29, 1.82) is 0 Å². The molecule has 1 aromatic rings. The Morgan fingerprint density at radius 1 is 0.624 bits per heavy atom. The van der Waals surface area contributed by atoms with Crippen molar-refractivity contribution in [2.75, 3.05) is 55.4 Å². The quantitative estimate of drug-likeness (QED) is 0.167. The van der Waals surface area contributed by atoms with E-state index in [1.165, 1.54) is 93.6 Å². The fourth-order valence-corrected chi connectivity index (χ4v) is 12.5. The number of likely N-dealkylation sites (N-methyl/N-ethyl adjacent to an activating group) is 6. The summed E-state index contributed by atoms with van der Waals surface area (Å²) in [6, 6.07) is -7.11. The first kappa shape index (κ1) is 78.9. The number of aryl methyl sites for hydroxylation is 1. The number of benzene rings is 1. The van der Waals surface area contributed by atoms with Gasteiger partial charge in [0, 0.05) is 61.3 Å². The summed E-state index contributed by atoms with van der Waals surface area (Å²) < 4.78 is 41.3. The Morgan fingerprint density at radius 2 is 1.20 bits per heavy atom. The number of hydrogen-bond donors (Lipinski definition) is 4. The van der Waals surface area contributed by atoms with Crippen LogP contribution in [-0.4, -0.2) is 215 Å². The minimum absolute atomic E-state index is 0.0271. The maximum atomic E-state index is 14.9. The average molecular weight is 1340 g/mol. The smallest absolute Gasteiger partial charge is 0.343 e. The van der Waals surface area contributed by atoms with Crippen molar-refractivity contribution >= 4 is 76.6 Å². The summed E-state index contributed by atoms with van der Waals surface area (Å²) in [6.45, 7) is 20.4. The molecule has 0 unspecified atom stereocenters. The minimum Gasteiger partial charge on any atom is -0.343 e. The molecule has 2 heterocycles. The van der Waals surface area contributed by atoms with Crippen molar-refractivity contribution in [2.45, 2.75) is 239 Å². The van der Waals surface area contributed by atoms with Crippen molar-refractivity contribution in [3.05, 3.63) is 34.3 Å². The van der Waals surface area contributed by atoms with E-state index < -0.39 is 154 Å². The summed E-state index contributed by atoms with van der Waals surface area (Å²) in [7, 11) is 8.65. The molecule has 2 saturated heterocycles. The van der Waals surface area contributed by atoms with Gasteiger partial charge < -0.3 is 55.6 Å². The lowest BCUT2D eigenvalue weighted by atomic mass is 9.84. The second kappa shape index (κ2) is 34.2. The lowest BCUT2D eigenvalue weighted by molar-refractivity contribution is -0.160. The average Bonchev–Trinajstić information content (AvgIpc) is 0.810. The van der Waals surface area contributed by atoms with Gasteiger partial charge in [0.05, 0.1) is 17.1 Å². The van der Waals surface area contributed by atoms with Crippen molar-refractivity contribution in [3.8, 4) is 0 Å². The van der Waals surface area contributed by atoms with Crippen LogP contribution in [0.2, 0.25) is 5.02 Å². The van der Waals surface area contributed by atoms with E-state index in [0.717, 1.165) is 54.0 Å². The van der Waals surface area contributed by atoms with Gasteiger partial charge in [-0.1, -0.05) is 112 Å². The van der Waals surface area contributed by atoms with E-state index >= 15 is 0 Å². The fraction of sp³-hybridized carbons (Fsp3) is 0.746. The van der Waals surface area contributed by atoms with Crippen LogP contribution in [0.5, 0.6) is 0 Å². The predicted octanol–water partition coefficient (Wildman–Crippen LogP) is 6.43. The van der Waals surface area contributed by atoms with Crippen LogP contribution in [0.3, 0.4) is 0 Å². The van der Waals surface area contributed by atoms with Crippen LogP contribution < -0.4 is 21.3 Å². The molecule has 1 aliphatic carbocycles. The zero-order valence-electron chi connectivity index (χ0n) is 58.3. The molecular formula is C67H107ClF3N11O11. The SMILES string of the molecule is CC[C@H](C)[C@@H]1NC(=O)[C@H](CC(C)C)N(C)C(=O)C[C@@H](C)N(C)C(=O)[C@H](CC(C)C)NC(=O)C(C)(C)N(C)C(=O)[C@H](CC(C)C)NC(=O)[C@H](CCc2ccc(C(F)(F)F)c(Cl)c2)NC(=O)CN(C)C(=O)[C@H](CC2CCCCC2)N(C)C(=O)[C@@H]2CCN2C(=O)[C@H](C)N(C)C1=O. The van der Waals surface area contributed by atoms with Crippen molar-refractivity contribution in [1.82, 2.24) is 55.6 Å². The standard InChI is InChI=1S/C67H107ClF3N11O11/c1-19-41(8)56-64(92)78(15)43(10)59(87)82-30-29-51(82)63(91)80(17)53(36-44-23-21-20-22-24-44)62(90)76(13)37-54(83)72-48(28-26-45-25-27-46(47(68)35-45)67(69,70)71)57(85)73-50(32-39(4)5)61(89)81(18)66(11,12)65(93)74-49(31-38(2)3)60(88)77(14)42(9)34-55(84)79(16)52(33-40(6)7)58(86)75-56/h25,27,35,38-44,48-53,56H,19-24,26,28-34,36-37H2,1-18H3,(H,72,83)(H,73,85)(H,74,93)(H,75,86)/t41-,42+,43-,48-,49-,50-,51-,52-,53-,56-/m0/s1. The molecule has 4 N–H and O–H groups in total. The number of rotatable bonds is 13. The molecule has 3 fully saturated rings. The van der Waals surface area contributed by atoms with E-state index in [1.54, 1.807) is 27.7 Å². The first-order valence-electron chi connectivity index (χ1n) is 33.1. The van der Waals surface area contributed by atoms with E-state index in [2.05, 4.69) is 21.3 Å². The third-order valence-corrected chi connectivity index (χ3v) is 19.5. The number of carbonyl (C=O) groups is 11. The van der Waals surface area contributed by atoms with Gasteiger partial charge >= 0.3 is 6.18 Å². The lowest BCUT2D eigenvalue weighted by Crippen LogP contribution is -2.65. The Labute approximate surface area is 554 Å². The largest absolute Gasteiger partial charge is 0.417 e. The highest BCUT2D eigenvalue weighted by molar-refractivity contribution is 6.31. The second-order valence-electron chi connectivity index (χ2n) is 28.2. The molecule has 26 heteroatoms. The van der Waals surface area contributed by atoms with E-state index in [1.807, 2.05) is 34.6 Å². The van der Waals surface area contributed by atoms with Gasteiger partial charge in [-0.2, -0.15) is 13.2 Å². The Bertz CT molecular complexity index is 2830. The Morgan fingerprint density at radius 3 is 1.73 bits per heavy atom. The summed E-state index contributed by atoms with van der Waals surface area (Å²) in [6.07, 6.45) is 0.334. The van der Waals surface area contributed by atoms with Gasteiger partial charge in [-0.25, -0.2) is 0 Å². The monoisotopic (exact) mass is 1330 g/mol. The van der Waals surface area contributed by atoms with Crippen molar-refractivity contribution < 1.29 is 65.9 Å². The number of nitrogens with one attached hydrogen (secondary N) is 4. The number of hydrogen-bond acceptors (Lipinski definition) is 11. The van der Waals surface area contributed by atoms with E-state index in [9.17, 15) is 65.9 Å². The molecule has 0 radical (unpaired) electrons. The van der Waals surface area contributed by atoms with Crippen LogP contribution in [-0.2, 0) is 65.3 Å². The third-order valence-electron chi connectivity index (χ3n) is 19.2. The number of carbonyl (C=O) groups excluding carboxylic acids is 11. The number of halogens is 4. The molecule has 0 bridgehead atoms. The molecule has 3 aliphatic rings. The Kier molecular flexibility index (Phi) is 29.0. The van der Waals surface area contributed by atoms with Gasteiger partial charge in [-0.15, -0.1) is 0 Å². The molecule has 0 aromatic heterocycles. The molecule has 524 valence electrons. The summed E-state index contributed by atoms with van der Waals surface area (Å²) in [5.41, 5.74) is -2.49. The third kappa shape index (κ3) is 21.0. The summed E-state index contributed by atoms with van der Waals surface area (Å²) >= 11 is 6.11. The highest BCUT2D eigenvalue weighted by Crippen LogP contribution is 2.36. The van der Waals surface area contributed by atoms with E-state index in [-0.39, 0.29) is 87.1 Å². The van der Waals surface area contributed by atoms with Crippen LogP contribution in [0, 0.1) is 29.6 Å². The number of amides is 11. The van der Waals surface area contributed by atoms with Crippen molar-refractivity contribution in [3.63, 3.8) is 0 Å². The molecule has 2 aliphatic heterocycles. The van der Waals surface area contributed by atoms with Crippen LogP contribution in [0.25, 0.3) is 0 Å². The molecule has 0 spiro atoms. The Balaban J connectivity index is 1.85. The zero-order chi connectivity index (χ0) is 70.5. The summed E-state index contributed by atoms with van der Waals surface area (Å²) in [5.74, 6) is -7.98. The van der Waals surface area contributed by atoms with Gasteiger partial charge in [-0.05, 0) is 120 Å². The molecule has 93 heavy (non-hydrogen) atoms. The van der Waals surface area contributed by atoms with Crippen LogP contribution in [0.4, 0.5) is 13.2 Å². The maximum Gasteiger partial charge on any atom is 0.417 e. The second-order valence-corrected chi connectivity index (χ2v) is 28.6. The van der Waals surface area contributed by atoms with Gasteiger partial charge in [0.25, 0.3) is 0 Å². The van der Waals surface area contributed by atoms with Crippen LogP contribution in [0.15, 0.2) is 18.2 Å². The zero-order valence-corrected chi connectivity index (χ0v) is 59.0. The van der Waals surface area contributed by atoms with Crippen LogP contribution in [0.1, 0.15) is 178 Å². The first-order valence-corrected chi connectivity index (χ1v) is 33.5. The number of alkyl halides is 3. The van der Waals surface area contributed by atoms with Gasteiger partial charge in [0.15, 0.2) is 0 Å². The maximum absolute atomic E-state index is 14.9. The molecular weight excluding hydrogens is 1230 g/mol. The Hall–Kier alpha value is -6.53. The van der Waals surface area contributed by atoms with Crippen molar-refractivity contribution in [2.24, 2.45) is 29.6 Å². The first-order chi connectivity index (χ1) is 43.2. The molecule has 1 saturated carbocycles. The normalized spacial score (nSPS) is 26.7. The molecule has 11 amide bonds. The summed E-state index contributed by atoms with van der Waals surface area (Å²) in [4.78, 5) is 170. The van der Waals surface area contributed by atoms with E-state index in [0.29, 0.717) is 6.42 Å². The summed E-state index contributed by atoms with van der Waals surface area (Å²) in [5, 5.41) is 10.7. The molecule has 22 nitrogen and oxygen atoms in total. The van der Waals surface area contributed by atoms with Gasteiger partial charge in [0.2, 0.25) is 65.0 Å².